The molecule has 0 aliphatic carbocycles. The Bertz CT molecular complexity index is 508. The Balaban J connectivity index is 2.22. The Morgan fingerprint density at radius 1 is 1.12 bits per heavy atom. The SMILES string of the molecule is CCNC(=S)Nc1ccc2ccccc2c1. The molecule has 16 heavy (non-hydrogen) atoms. The van der Waals surface area contributed by atoms with Crippen LogP contribution in [0.1, 0.15) is 6.92 Å². The molecule has 2 aromatic rings. The van der Waals surface area contributed by atoms with Crippen LogP contribution in [0.15, 0.2) is 42.5 Å². The van der Waals surface area contributed by atoms with Crippen LogP contribution in [-0.2, 0) is 0 Å². The minimum absolute atomic E-state index is 0.665. The third-order valence-corrected chi connectivity index (χ3v) is 2.59. The van der Waals surface area contributed by atoms with Crippen LogP contribution in [0.4, 0.5) is 5.69 Å². The van der Waals surface area contributed by atoms with E-state index in [2.05, 4.69) is 34.9 Å². The van der Waals surface area contributed by atoms with Crippen LogP contribution in [-0.4, -0.2) is 11.7 Å². The molecule has 2 rings (SSSR count). The van der Waals surface area contributed by atoms with E-state index in [1.165, 1.54) is 10.8 Å². The van der Waals surface area contributed by atoms with Crippen LogP contribution < -0.4 is 10.6 Å². The minimum Gasteiger partial charge on any atom is -0.363 e. The summed E-state index contributed by atoms with van der Waals surface area (Å²) in [6.45, 7) is 2.85. The fraction of sp³-hybridized carbons (Fsp3) is 0.154. The number of anilines is 1. The predicted molar refractivity (Wildman–Crippen MR) is 73.8 cm³/mol. The molecule has 0 saturated carbocycles. The maximum atomic E-state index is 5.14. The highest BCUT2D eigenvalue weighted by Gasteiger charge is 1.97. The molecule has 0 aliphatic rings. The number of hydrogen-bond acceptors (Lipinski definition) is 1. The molecule has 0 bridgehead atoms. The van der Waals surface area contributed by atoms with Gasteiger partial charge in [0.2, 0.25) is 0 Å². The van der Waals surface area contributed by atoms with Gasteiger partial charge in [0.25, 0.3) is 0 Å². The van der Waals surface area contributed by atoms with E-state index in [1.807, 2.05) is 25.1 Å². The van der Waals surface area contributed by atoms with Gasteiger partial charge in [-0.2, -0.15) is 0 Å². The zero-order chi connectivity index (χ0) is 11.4. The standard InChI is InChI=1S/C13H14N2S/c1-2-14-13(16)15-12-8-7-10-5-3-4-6-11(10)9-12/h3-9H,2H2,1H3,(H2,14,15,16). The summed E-state index contributed by atoms with van der Waals surface area (Å²) in [6.07, 6.45) is 0. The highest BCUT2D eigenvalue weighted by molar-refractivity contribution is 7.80. The van der Waals surface area contributed by atoms with Crippen LogP contribution in [0.2, 0.25) is 0 Å². The number of nitrogens with one attached hydrogen (secondary N) is 2. The summed E-state index contributed by atoms with van der Waals surface area (Å²) < 4.78 is 0. The first-order chi connectivity index (χ1) is 7.79. The molecular weight excluding hydrogens is 216 g/mol. The van der Waals surface area contributed by atoms with Crippen LogP contribution in [0.5, 0.6) is 0 Å². The molecule has 0 aliphatic heterocycles. The van der Waals surface area contributed by atoms with Gasteiger partial charge in [-0.15, -0.1) is 0 Å². The van der Waals surface area contributed by atoms with Crippen molar-refractivity contribution in [2.24, 2.45) is 0 Å². The Morgan fingerprint density at radius 3 is 2.62 bits per heavy atom. The van der Waals surface area contributed by atoms with Gasteiger partial charge >= 0.3 is 0 Å². The van der Waals surface area contributed by atoms with Crippen LogP contribution in [0.25, 0.3) is 10.8 Å². The second-order valence-corrected chi connectivity index (χ2v) is 3.95. The molecule has 0 atom stereocenters. The lowest BCUT2D eigenvalue weighted by Crippen LogP contribution is -2.27. The van der Waals surface area contributed by atoms with E-state index in [0.29, 0.717) is 5.11 Å². The van der Waals surface area contributed by atoms with Gasteiger partial charge in [0.05, 0.1) is 0 Å². The molecule has 0 fully saturated rings. The maximum absolute atomic E-state index is 5.14. The summed E-state index contributed by atoms with van der Waals surface area (Å²) in [5, 5.41) is 9.34. The van der Waals surface area contributed by atoms with E-state index >= 15 is 0 Å². The van der Waals surface area contributed by atoms with Gasteiger partial charge in [0.15, 0.2) is 5.11 Å². The average molecular weight is 230 g/mol. The quantitative estimate of drug-likeness (QED) is 0.775. The summed E-state index contributed by atoms with van der Waals surface area (Å²) in [4.78, 5) is 0. The molecule has 2 aromatic carbocycles. The van der Waals surface area contributed by atoms with Crippen molar-refractivity contribution < 1.29 is 0 Å². The third kappa shape index (κ3) is 2.49. The van der Waals surface area contributed by atoms with Crippen molar-refractivity contribution in [2.45, 2.75) is 6.92 Å². The number of thiocarbonyl (C=S) groups is 1. The van der Waals surface area contributed by atoms with Crippen LogP contribution >= 0.6 is 12.2 Å². The van der Waals surface area contributed by atoms with E-state index in [0.717, 1.165) is 12.2 Å². The molecule has 0 aromatic heterocycles. The Labute approximate surface area is 101 Å². The largest absolute Gasteiger partial charge is 0.363 e. The molecule has 0 heterocycles. The number of rotatable bonds is 2. The third-order valence-electron chi connectivity index (χ3n) is 2.34. The molecule has 2 N–H and O–H groups in total. The minimum atomic E-state index is 0.665. The second kappa shape index (κ2) is 4.94. The van der Waals surface area contributed by atoms with Gasteiger partial charge in [-0.3, -0.25) is 0 Å². The Kier molecular flexibility index (Phi) is 3.37. The van der Waals surface area contributed by atoms with Gasteiger partial charge in [-0.05, 0) is 42.0 Å². The summed E-state index contributed by atoms with van der Waals surface area (Å²) >= 11 is 5.14. The lowest BCUT2D eigenvalue weighted by molar-refractivity contribution is 0.979. The van der Waals surface area contributed by atoms with Gasteiger partial charge in [0, 0.05) is 12.2 Å². The van der Waals surface area contributed by atoms with Crippen molar-refractivity contribution in [3.05, 3.63) is 42.5 Å². The highest BCUT2D eigenvalue weighted by Crippen LogP contribution is 2.18. The van der Waals surface area contributed by atoms with E-state index in [9.17, 15) is 0 Å². The van der Waals surface area contributed by atoms with Crippen LogP contribution in [0, 0.1) is 0 Å². The lowest BCUT2D eigenvalue weighted by atomic mass is 10.1. The van der Waals surface area contributed by atoms with Crippen molar-refractivity contribution in [1.82, 2.24) is 5.32 Å². The number of hydrogen-bond donors (Lipinski definition) is 2. The molecule has 82 valence electrons. The van der Waals surface area contributed by atoms with Gasteiger partial charge in [0.1, 0.15) is 0 Å². The first-order valence-corrected chi connectivity index (χ1v) is 5.74. The lowest BCUT2D eigenvalue weighted by Gasteiger charge is -2.09. The zero-order valence-electron chi connectivity index (χ0n) is 9.16. The monoisotopic (exact) mass is 230 g/mol. The smallest absolute Gasteiger partial charge is 0.170 e. The van der Waals surface area contributed by atoms with Gasteiger partial charge in [-0.25, -0.2) is 0 Å². The highest BCUT2D eigenvalue weighted by atomic mass is 32.1. The summed E-state index contributed by atoms with van der Waals surface area (Å²) in [5.74, 6) is 0. The summed E-state index contributed by atoms with van der Waals surface area (Å²) in [5.41, 5.74) is 1.02. The Hall–Kier alpha value is -1.61. The zero-order valence-corrected chi connectivity index (χ0v) is 9.97. The summed E-state index contributed by atoms with van der Waals surface area (Å²) in [7, 11) is 0. The van der Waals surface area contributed by atoms with Crippen molar-refractivity contribution in [3.8, 4) is 0 Å². The number of fused-ring (bicyclic) bond motifs is 1. The molecular formula is C13H14N2S. The first-order valence-electron chi connectivity index (χ1n) is 5.33. The maximum Gasteiger partial charge on any atom is 0.170 e. The predicted octanol–water partition coefficient (Wildman–Crippen LogP) is 3.15. The first kappa shape index (κ1) is 10.9. The van der Waals surface area contributed by atoms with E-state index < -0.39 is 0 Å². The second-order valence-electron chi connectivity index (χ2n) is 3.55. The molecule has 0 radical (unpaired) electrons. The topological polar surface area (TPSA) is 24.1 Å². The molecule has 0 saturated heterocycles. The van der Waals surface area contributed by atoms with Crippen molar-refractivity contribution in [3.63, 3.8) is 0 Å². The van der Waals surface area contributed by atoms with E-state index in [-0.39, 0.29) is 0 Å². The van der Waals surface area contributed by atoms with Crippen molar-refractivity contribution >= 4 is 33.8 Å². The molecule has 2 nitrogen and oxygen atoms in total. The van der Waals surface area contributed by atoms with E-state index in [1.54, 1.807) is 0 Å². The molecule has 0 unspecified atom stereocenters. The van der Waals surface area contributed by atoms with Crippen LogP contribution in [0.3, 0.4) is 0 Å². The van der Waals surface area contributed by atoms with Crippen molar-refractivity contribution in [2.75, 3.05) is 11.9 Å². The Morgan fingerprint density at radius 2 is 1.88 bits per heavy atom. The fourth-order valence-corrected chi connectivity index (χ4v) is 1.87. The average Bonchev–Trinajstić information content (AvgIpc) is 2.29. The van der Waals surface area contributed by atoms with Gasteiger partial charge < -0.3 is 10.6 Å². The molecule has 3 heteroatoms. The number of benzene rings is 2. The van der Waals surface area contributed by atoms with Crippen molar-refractivity contribution in [1.29, 1.82) is 0 Å². The van der Waals surface area contributed by atoms with Gasteiger partial charge in [-0.1, -0.05) is 30.3 Å². The summed E-state index contributed by atoms with van der Waals surface area (Å²) in [6, 6.07) is 14.5. The molecule has 0 spiro atoms. The van der Waals surface area contributed by atoms with E-state index in [4.69, 9.17) is 12.2 Å². The normalized spacial score (nSPS) is 10.1. The fourth-order valence-electron chi connectivity index (χ4n) is 1.60. The molecule has 0 amide bonds.